The van der Waals surface area contributed by atoms with Gasteiger partial charge in [-0.15, -0.1) is 0 Å². The Balaban J connectivity index is 0.970. The van der Waals surface area contributed by atoms with E-state index in [9.17, 15) is 29.1 Å². The van der Waals surface area contributed by atoms with Gasteiger partial charge in [-0.3, -0.25) is 14.4 Å². The monoisotopic (exact) mass is 826 g/mol. The number of carbonyl (C=O) groups is 5. The van der Waals surface area contributed by atoms with Gasteiger partial charge in [0, 0.05) is 56.3 Å². The standard InChI is InChI=1S/C43H50N6O11/c1-25-30(23-44-38(25)42(53)57-4)26-13-15-27(16-14-26)46-39(51)33-20-28(24-47(33)2)45-36(50)11-9-19-58-35-22-32-29(21-34(35)56-3)40(52)48-17-7-5-10-31(48)41(49(32)43(54)55)60-37-12-6-8-18-59-37/h13-16,20-24,31,37,41,44H,5-12,17-19H2,1-4H3,(H,45,50)(H,46,51)(H,54,55)/t31-,37?,41?/m0/s1. The van der Waals surface area contributed by atoms with Gasteiger partial charge in [-0.25, -0.2) is 14.5 Å². The zero-order valence-corrected chi connectivity index (χ0v) is 34.1. The van der Waals surface area contributed by atoms with Gasteiger partial charge in [0.2, 0.25) is 5.91 Å². The number of fused-ring (bicyclic) bond motifs is 2. The van der Waals surface area contributed by atoms with E-state index in [1.165, 1.54) is 26.4 Å². The Labute approximate surface area is 346 Å². The highest BCUT2D eigenvalue weighted by molar-refractivity contribution is 6.06. The average molecular weight is 827 g/mol. The molecule has 0 saturated carbocycles. The highest BCUT2D eigenvalue weighted by atomic mass is 16.7. The van der Waals surface area contributed by atoms with Crippen LogP contribution in [0.3, 0.4) is 0 Å². The summed E-state index contributed by atoms with van der Waals surface area (Å²) in [5, 5.41) is 16.3. The summed E-state index contributed by atoms with van der Waals surface area (Å²) in [6, 6.07) is 11.3. The normalized spacial score (nSPS) is 18.8. The topological polar surface area (TPSA) is 203 Å². The molecule has 0 aliphatic carbocycles. The number of ether oxygens (including phenoxy) is 5. The summed E-state index contributed by atoms with van der Waals surface area (Å²) < 4.78 is 30.3. The number of amides is 4. The van der Waals surface area contributed by atoms with Crippen molar-refractivity contribution in [1.29, 1.82) is 0 Å². The van der Waals surface area contributed by atoms with Gasteiger partial charge < -0.3 is 53.9 Å². The number of esters is 1. The van der Waals surface area contributed by atoms with Gasteiger partial charge in [0.25, 0.3) is 11.8 Å². The molecule has 0 bridgehead atoms. The lowest BCUT2D eigenvalue weighted by atomic mass is 10.00. The van der Waals surface area contributed by atoms with Crippen LogP contribution in [-0.2, 0) is 26.1 Å². The first kappa shape index (κ1) is 41.8. The summed E-state index contributed by atoms with van der Waals surface area (Å²) in [7, 11) is 4.46. The Bertz CT molecular complexity index is 2240. The maximum Gasteiger partial charge on any atom is 0.414 e. The molecule has 2 aromatic carbocycles. The summed E-state index contributed by atoms with van der Waals surface area (Å²) >= 11 is 0. The number of nitrogens with zero attached hydrogens (tertiary/aromatic N) is 3. The van der Waals surface area contributed by atoms with Crippen molar-refractivity contribution in [3.05, 3.63) is 77.4 Å². The molecule has 2 fully saturated rings. The van der Waals surface area contributed by atoms with Crippen molar-refractivity contribution < 1.29 is 52.8 Å². The number of aromatic nitrogens is 2. The smallest absolute Gasteiger partial charge is 0.414 e. The van der Waals surface area contributed by atoms with Gasteiger partial charge in [-0.05, 0) is 87.3 Å². The van der Waals surface area contributed by atoms with Gasteiger partial charge in [0.15, 0.2) is 24.0 Å². The second-order valence-electron chi connectivity index (χ2n) is 15.0. The highest BCUT2D eigenvalue weighted by Crippen LogP contribution is 2.42. The number of H-pyrrole nitrogens is 1. The molecule has 60 heavy (non-hydrogen) atoms. The third-order valence-corrected chi connectivity index (χ3v) is 11.1. The molecule has 7 rings (SSSR count). The van der Waals surface area contributed by atoms with Crippen LogP contribution in [-0.4, -0.2) is 102 Å². The van der Waals surface area contributed by atoms with Crippen LogP contribution in [0.15, 0.2) is 54.9 Å². The molecule has 2 aromatic heterocycles. The maximum atomic E-state index is 14.0. The summed E-state index contributed by atoms with van der Waals surface area (Å²) in [5.41, 5.74) is 4.42. The van der Waals surface area contributed by atoms with Gasteiger partial charge in [-0.1, -0.05) is 12.1 Å². The number of nitrogens with one attached hydrogen (secondary N) is 3. The van der Waals surface area contributed by atoms with Crippen molar-refractivity contribution >= 4 is 46.8 Å². The van der Waals surface area contributed by atoms with Crippen molar-refractivity contribution in [3.8, 4) is 22.6 Å². The number of aromatic amines is 1. The first-order chi connectivity index (χ1) is 29.0. The van der Waals surface area contributed by atoms with E-state index in [0.29, 0.717) is 48.8 Å². The molecule has 2 saturated heterocycles. The van der Waals surface area contributed by atoms with Gasteiger partial charge >= 0.3 is 12.1 Å². The molecule has 3 aliphatic rings. The lowest BCUT2D eigenvalue weighted by Crippen LogP contribution is -2.57. The van der Waals surface area contributed by atoms with Crippen molar-refractivity contribution in [2.75, 3.05) is 49.5 Å². The quantitative estimate of drug-likeness (QED) is 0.0843. The Hall–Kier alpha value is -6.33. The van der Waals surface area contributed by atoms with Crippen LogP contribution in [0.1, 0.15) is 88.3 Å². The third-order valence-electron chi connectivity index (χ3n) is 11.1. The largest absolute Gasteiger partial charge is 0.493 e. The van der Waals surface area contributed by atoms with E-state index in [1.54, 1.807) is 47.1 Å². The lowest BCUT2D eigenvalue weighted by Gasteiger charge is -2.42. The molecular formula is C43H50N6O11. The van der Waals surface area contributed by atoms with Gasteiger partial charge in [0.05, 0.1) is 43.8 Å². The van der Waals surface area contributed by atoms with Gasteiger partial charge in [-0.2, -0.15) is 0 Å². The Morgan fingerprint density at radius 2 is 1.73 bits per heavy atom. The van der Waals surface area contributed by atoms with Crippen LogP contribution < -0.4 is 25.0 Å². The summed E-state index contributed by atoms with van der Waals surface area (Å²) in [6.45, 7) is 2.88. The number of hydrogen-bond donors (Lipinski definition) is 4. The number of carbonyl (C=O) groups excluding carboxylic acids is 4. The van der Waals surface area contributed by atoms with Crippen LogP contribution in [0, 0.1) is 6.92 Å². The summed E-state index contributed by atoms with van der Waals surface area (Å²) in [5.74, 6) is -0.986. The fourth-order valence-electron chi connectivity index (χ4n) is 8.03. The van der Waals surface area contributed by atoms with Crippen LogP contribution in [0.25, 0.3) is 11.1 Å². The van der Waals surface area contributed by atoms with E-state index < -0.39 is 30.6 Å². The second-order valence-corrected chi connectivity index (χ2v) is 15.0. The third kappa shape index (κ3) is 8.82. The average Bonchev–Trinajstić information content (AvgIpc) is 3.80. The van der Waals surface area contributed by atoms with Crippen LogP contribution in [0.2, 0.25) is 0 Å². The Morgan fingerprint density at radius 1 is 0.950 bits per heavy atom. The van der Waals surface area contributed by atoms with E-state index >= 15 is 0 Å². The maximum absolute atomic E-state index is 14.0. The number of methoxy groups -OCH3 is 2. The first-order valence-electron chi connectivity index (χ1n) is 20.1. The Kier molecular flexibility index (Phi) is 12.8. The number of rotatable bonds is 13. The number of benzene rings is 2. The van der Waals surface area contributed by atoms with Crippen molar-refractivity contribution in [2.45, 2.75) is 76.9 Å². The molecule has 2 unspecified atom stereocenters. The van der Waals surface area contributed by atoms with Crippen molar-refractivity contribution in [1.82, 2.24) is 14.5 Å². The molecule has 4 amide bonds. The van der Waals surface area contributed by atoms with E-state index in [2.05, 4.69) is 15.6 Å². The summed E-state index contributed by atoms with van der Waals surface area (Å²) in [6.07, 6.45) is 5.47. The highest BCUT2D eigenvalue weighted by Gasteiger charge is 2.46. The van der Waals surface area contributed by atoms with Crippen molar-refractivity contribution in [2.24, 2.45) is 7.05 Å². The fraction of sp³-hybridized carbons (Fsp3) is 0.419. The summed E-state index contributed by atoms with van der Waals surface area (Å²) in [4.78, 5) is 71.0. The molecule has 0 spiro atoms. The lowest BCUT2D eigenvalue weighted by molar-refractivity contribution is -0.198. The molecule has 4 aromatic rings. The Morgan fingerprint density at radius 3 is 2.45 bits per heavy atom. The number of anilines is 3. The van der Waals surface area contributed by atoms with E-state index in [0.717, 1.165) is 47.3 Å². The number of aryl methyl sites for hydroxylation is 1. The van der Waals surface area contributed by atoms with Crippen LogP contribution >= 0.6 is 0 Å². The van der Waals surface area contributed by atoms with E-state index in [1.807, 2.05) is 19.1 Å². The molecule has 0 radical (unpaired) electrons. The molecule has 3 aliphatic heterocycles. The van der Waals surface area contributed by atoms with E-state index in [4.69, 9.17) is 23.7 Å². The molecule has 3 atom stereocenters. The molecular weight excluding hydrogens is 777 g/mol. The molecule has 318 valence electrons. The predicted molar refractivity (Wildman–Crippen MR) is 220 cm³/mol. The molecule has 17 heteroatoms. The minimum Gasteiger partial charge on any atom is -0.493 e. The first-order valence-corrected chi connectivity index (χ1v) is 20.1. The zero-order chi connectivity index (χ0) is 42.5. The van der Waals surface area contributed by atoms with Crippen LogP contribution in [0.4, 0.5) is 21.9 Å². The minimum atomic E-state index is -1.28. The molecule has 5 heterocycles. The SMILES string of the molecule is COC(=O)c1[nH]cc(-c2ccc(NC(=O)c3cc(NC(=O)CCCOc4cc5c(cc4OC)C(=O)N4CCCC[C@H]4C(OC4CCCCO4)N5C(=O)O)cn3C)cc2)c1C. The zero-order valence-electron chi connectivity index (χ0n) is 34.1. The number of carboxylic acid groups (broad SMARTS) is 1. The number of hydrogen-bond acceptors (Lipinski definition) is 10. The van der Waals surface area contributed by atoms with E-state index in [-0.39, 0.29) is 59.9 Å². The van der Waals surface area contributed by atoms with Gasteiger partial charge in [0.1, 0.15) is 11.4 Å². The second kappa shape index (κ2) is 18.3. The van der Waals surface area contributed by atoms with Crippen LogP contribution in [0.5, 0.6) is 11.5 Å². The molecule has 17 nitrogen and oxygen atoms in total. The predicted octanol–water partition coefficient (Wildman–Crippen LogP) is 6.54. The minimum absolute atomic E-state index is 0.0748. The van der Waals surface area contributed by atoms with Crippen molar-refractivity contribution in [3.63, 3.8) is 0 Å². The number of piperidine rings is 1. The fourth-order valence-corrected chi connectivity index (χ4v) is 8.03. The molecule has 4 N–H and O–H groups in total.